The van der Waals surface area contributed by atoms with E-state index in [0.717, 1.165) is 18.2 Å². The summed E-state index contributed by atoms with van der Waals surface area (Å²) < 4.78 is 54.2. The number of hydrogen-bond donors (Lipinski definition) is 2. The number of alkyl halides is 3. The normalized spacial score (nSPS) is 21.0. The smallest absolute Gasteiger partial charge is 0.317 e. The molecule has 0 saturated carbocycles. The molecule has 1 aliphatic rings. The third kappa shape index (κ3) is 3.20. The summed E-state index contributed by atoms with van der Waals surface area (Å²) in [6.45, 7) is 4.02. The SMILES string of the molecule is CC(C)(C)C(=O)N[C@]1(C(F)(F)F)NC(=O)N(c2ccc(F)c(Cl)c2)C1=O. The first-order chi connectivity index (χ1) is 11.7. The monoisotopic (exact) mass is 395 g/mol. The zero-order chi connectivity index (χ0) is 20.1. The standard InChI is InChI=1S/C15H14ClF4N3O3/c1-13(2,3)10(24)21-14(15(18,19)20)11(25)23(12(26)22-14)7-4-5-9(17)8(16)6-7/h4-6H,1-3H3,(H,21,24)(H,22,26)/t14-/m0/s1. The van der Waals surface area contributed by atoms with Gasteiger partial charge in [0.1, 0.15) is 5.82 Å². The second-order valence-corrected chi connectivity index (χ2v) is 7.03. The largest absolute Gasteiger partial charge is 0.440 e. The van der Waals surface area contributed by atoms with Crippen LogP contribution < -0.4 is 15.5 Å². The molecule has 1 saturated heterocycles. The summed E-state index contributed by atoms with van der Waals surface area (Å²) >= 11 is 5.56. The number of nitrogens with zero attached hydrogens (tertiary/aromatic N) is 1. The van der Waals surface area contributed by atoms with Crippen LogP contribution in [0.15, 0.2) is 18.2 Å². The predicted molar refractivity (Wildman–Crippen MR) is 83.8 cm³/mol. The summed E-state index contributed by atoms with van der Waals surface area (Å²) in [5.74, 6) is -3.77. The molecule has 1 fully saturated rings. The van der Waals surface area contributed by atoms with Gasteiger partial charge in [-0.2, -0.15) is 13.2 Å². The number of amides is 4. The van der Waals surface area contributed by atoms with Crippen LogP contribution in [0.1, 0.15) is 20.8 Å². The van der Waals surface area contributed by atoms with E-state index in [4.69, 9.17) is 11.6 Å². The Bertz CT molecular complexity index is 791. The summed E-state index contributed by atoms with van der Waals surface area (Å²) in [6, 6.07) is 1.09. The number of benzene rings is 1. The second kappa shape index (κ2) is 6.11. The van der Waals surface area contributed by atoms with E-state index in [-0.39, 0.29) is 10.6 Å². The minimum Gasteiger partial charge on any atom is -0.317 e. The molecule has 1 atom stereocenters. The Hall–Kier alpha value is -2.36. The van der Waals surface area contributed by atoms with Crippen molar-refractivity contribution >= 4 is 35.1 Å². The summed E-state index contributed by atoms with van der Waals surface area (Å²) in [7, 11) is 0. The molecule has 1 heterocycles. The lowest BCUT2D eigenvalue weighted by Gasteiger charge is -2.32. The fraction of sp³-hybridized carbons (Fsp3) is 0.400. The number of halogens is 5. The molecule has 0 aliphatic carbocycles. The Morgan fingerprint density at radius 2 is 1.81 bits per heavy atom. The van der Waals surface area contributed by atoms with E-state index in [9.17, 15) is 31.9 Å². The molecule has 0 bridgehead atoms. The zero-order valence-electron chi connectivity index (χ0n) is 13.8. The molecule has 1 aromatic carbocycles. The molecule has 6 nitrogen and oxygen atoms in total. The lowest BCUT2D eigenvalue weighted by Crippen LogP contribution is -2.70. The van der Waals surface area contributed by atoms with Crippen LogP contribution in [0.3, 0.4) is 0 Å². The molecule has 142 valence electrons. The van der Waals surface area contributed by atoms with Gasteiger partial charge >= 0.3 is 12.2 Å². The molecule has 0 spiro atoms. The number of carbonyl (C=O) groups excluding carboxylic acids is 3. The van der Waals surface area contributed by atoms with Gasteiger partial charge in [0.15, 0.2) is 0 Å². The van der Waals surface area contributed by atoms with Gasteiger partial charge < -0.3 is 5.32 Å². The Morgan fingerprint density at radius 1 is 1.23 bits per heavy atom. The summed E-state index contributed by atoms with van der Waals surface area (Å²) in [6.07, 6.45) is -5.33. The van der Waals surface area contributed by atoms with Gasteiger partial charge in [-0.05, 0) is 18.2 Å². The van der Waals surface area contributed by atoms with E-state index in [0.29, 0.717) is 0 Å². The molecule has 2 rings (SSSR count). The molecule has 0 radical (unpaired) electrons. The molecule has 0 unspecified atom stereocenters. The van der Waals surface area contributed by atoms with Gasteiger partial charge in [-0.1, -0.05) is 32.4 Å². The molecule has 26 heavy (non-hydrogen) atoms. The number of imide groups is 1. The maximum absolute atomic E-state index is 13.7. The highest BCUT2D eigenvalue weighted by molar-refractivity contribution is 6.31. The first kappa shape index (κ1) is 20.0. The highest BCUT2D eigenvalue weighted by atomic mass is 35.5. The highest BCUT2D eigenvalue weighted by Gasteiger charge is 2.69. The van der Waals surface area contributed by atoms with E-state index in [1.165, 1.54) is 26.1 Å². The number of anilines is 1. The minimum atomic E-state index is -5.33. The van der Waals surface area contributed by atoms with Crippen LogP contribution in [0.2, 0.25) is 5.02 Å². The van der Waals surface area contributed by atoms with E-state index < -0.39 is 45.9 Å². The lowest BCUT2D eigenvalue weighted by atomic mass is 9.94. The molecule has 11 heteroatoms. The number of carbonyl (C=O) groups is 3. The third-order valence-electron chi connectivity index (χ3n) is 3.59. The van der Waals surface area contributed by atoms with Gasteiger partial charge in [0.2, 0.25) is 5.91 Å². The van der Waals surface area contributed by atoms with E-state index in [1.54, 1.807) is 5.32 Å². The van der Waals surface area contributed by atoms with E-state index >= 15 is 0 Å². The Kier molecular flexibility index (Phi) is 4.69. The maximum atomic E-state index is 13.7. The fourth-order valence-corrected chi connectivity index (χ4v) is 2.27. The first-order valence-corrected chi connectivity index (χ1v) is 7.59. The fourth-order valence-electron chi connectivity index (χ4n) is 2.09. The van der Waals surface area contributed by atoms with Gasteiger partial charge in [-0.15, -0.1) is 0 Å². The van der Waals surface area contributed by atoms with Gasteiger partial charge in [0, 0.05) is 5.41 Å². The average molecular weight is 396 g/mol. The molecule has 1 aliphatic heterocycles. The van der Waals surface area contributed by atoms with Crippen LogP contribution in [0, 0.1) is 11.2 Å². The zero-order valence-corrected chi connectivity index (χ0v) is 14.5. The quantitative estimate of drug-likeness (QED) is 0.597. The van der Waals surface area contributed by atoms with Crippen molar-refractivity contribution in [3.63, 3.8) is 0 Å². The van der Waals surface area contributed by atoms with Crippen molar-refractivity contribution in [2.24, 2.45) is 5.41 Å². The van der Waals surface area contributed by atoms with Crippen LogP contribution in [0.5, 0.6) is 0 Å². The van der Waals surface area contributed by atoms with Gasteiger partial charge in [0.05, 0.1) is 10.7 Å². The van der Waals surface area contributed by atoms with Crippen molar-refractivity contribution in [2.45, 2.75) is 32.6 Å². The van der Waals surface area contributed by atoms with Crippen molar-refractivity contribution < 1.29 is 31.9 Å². The molecular formula is C15H14ClF4N3O3. The predicted octanol–water partition coefficient (Wildman–Crippen LogP) is 2.96. The summed E-state index contributed by atoms with van der Waals surface area (Å²) in [5.41, 5.74) is -5.29. The van der Waals surface area contributed by atoms with Crippen LogP contribution in [0.4, 0.5) is 28.0 Å². The molecular weight excluding hydrogens is 382 g/mol. The lowest BCUT2D eigenvalue weighted by molar-refractivity contribution is -0.202. The molecule has 2 N–H and O–H groups in total. The maximum Gasteiger partial charge on any atom is 0.440 e. The number of nitrogens with one attached hydrogen (secondary N) is 2. The Morgan fingerprint density at radius 3 is 2.27 bits per heavy atom. The average Bonchev–Trinajstić information content (AvgIpc) is 2.72. The Balaban J connectivity index is 2.52. The van der Waals surface area contributed by atoms with E-state index in [2.05, 4.69) is 0 Å². The van der Waals surface area contributed by atoms with Crippen LogP contribution in [-0.2, 0) is 9.59 Å². The van der Waals surface area contributed by atoms with Crippen LogP contribution in [0.25, 0.3) is 0 Å². The van der Waals surface area contributed by atoms with E-state index in [1.807, 2.05) is 0 Å². The van der Waals surface area contributed by atoms with Crippen molar-refractivity contribution in [1.29, 1.82) is 0 Å². The number of urea groups is 1. The third-order valence-corrected chi connectivity index (χ3v) is 3.88. The topological polar surface area (TPSA) is 78.5 Å². The van der Waals surface area contributed by atoms with Crippen LogP contribution >= 0.6 is 11.6 Å². The minimum absolute atomic E-state index is 0.141. The molecule has 0 aromatic heterocycles. The van der Waals surface area contributed by atoms with Crippen molar-refractivity contribution in [1.82, 2.24) is 10.6 Å². The van der Waals surface area contributed by atoms with Crippen molar-refractivity contribution in [3.8, 4) is 0 Å². The summed E-state index contributed by atoms with van der Waals surface area (Å²) in [4.78, 5) is 36.8. The van der Waals surface area contributed by atoms with Crippen molar-refractivity contribution in [3.05, 3.63) is 29.0 Å². The first-order valence-electron chi connectivity index (χ1n) is 7.22. The van der Waals surface area contributed by atoms with Gasteiger partial charge in [0.25, 0.3) is 11.6 Å². The second-order valence-electron chi connectivity index (χ2n) is 6.62. The Labute approximate surface area is 150 Å². The highest BCUT2D eigenvalue weighted by Crippen LogP contribution is 2.37. The molecule has 4 amide bonds. The summed E-state index contributed by atoms with van der Waals surface area (Å²) in [5, 5.41) is 2.58. The van der Waals surface area contributed by atoms with Gasteiger partial charge in [-0.25, -0.2) is 14.1 Å². The number of rotatable bonds is 2. The molecule has 1 aromatic rings. The number of hydrogen-bond acceptors (Lipinski definition) is 3. The van der Waals surface area contributed by atoms with Gasteiger partial charge in [-0.3, -0.25) is 14.9 Å². The van der Waals surface area contributed by atoms with Crippen LogP contribution in [-0.4, -0.2) is 29.7 Å². The van der Waals surface area contributed by atoms with Crippen molar-refractivity contribution in [2.75, 3.05) is 4.90 Å².